The monoisotopic (exact) mass is 277 g/mol. The summed E-state index contributed by atoms with van der Waals surface area (Å²) in [5.41, 5.74) is 6.54. The third-order valence-electron chi connectivity index (χ3n) is 2.71. The number of hydrogen-bond acceptors (Lipinski definition) is 5. The van der Waals surface area contributed by atoms with Crippen molar-refractivity contribution in [3.63, 3.8) is 0 Å². The fraction of sp³-hybridized carbons (Fsp3) is 0.333. The molecule has 1 heterocycles. The van der Waals surface area contributed by atoms with Crippen LogP contribution in [0.2, 0.25) is 0 Å². The van der Waals surface area contributed by atoms with E-state index in [1.165, 1.54) is 0 Å². The van der Waals surface area contributed by atoms with Gasteiger partial charge in [-0.1, -0.05) is 12.1 Å². The van der Waals surface area contributed by atoms with Crippen molar-refractivity contribution in [1.82, 2.24) is 0 Å². The van der Waals surface area contributed by atoms with Crippen molar-refractivity contribution in [3.05, 3.63) is 54.0 Å². The number of rotatable bonds is 8. The number of aliphatic hydroxyl groups is 1. The molecule has 0 aliphatic carbocycles. The summed E-state index contributed by atoms with van der Waals surface area (Å²) in [7, 11) is 0. The molecule has 3 N–H and O–H groups in total. The smallest absolute Gasteiger partial charge is 0.129 e. The lowest BCUT2D eigenvalue weighted by Gasteiger charge is -2.13. The molecule has 1 atom stereocenters. The van der Waals surface area contributed by atoms with Gasteiger partial charge in [0.05, 0.1) is 12.9 Å². The van der Waals surface area contributed by atoms with Crippen LogP contribution in [-0.4, -0.2) is 24.4 Å². The number of aliphatic hydroxyl groups excluding tert-OH is 1. The van der Waals surface area contributed by atoms with E-state index in [2.05, 4.69) is 0 Å². The van der Waals surface area contributed by atoms with Gasteiger partial charge in [0, 0.05) is 6.54 Å². The number of hydrogen-bond donors (Lipinski definition) is 2. The minimum atomic E-state index is -0.688. The summed E-state index contributed by atoms with van der Waals surface area (Å²) in [6.07, 6.45) is 0.898. The zero-order valence-corrected chi connectivity index (χ0v) is 11.2. The van der Waals surface area contributed by atoms with E-state index in [1.54, 1.807) is 12.3 Å². The average Bonchev–Trinajstić information content (AvgIpc) is 2.98. The molecule has 0 amide bonds. The Morgan fingerprint density at radius 2 is 2.10 bits per heavy atom. The van der Waals surface area contributed by atoms with Crippen molar-refractivity contribution >= 4 is 0 Å². The van der Waals surface area contributed by atoms with Crippen molar-refractivity contribution < 1.29 is 19.0 Å². The molecule has 0 aliphatic heterocycles. The molecule has 1 aromatic heterocycles. The highest BCUT2D eigenvalue weighted by atomic mass is 16.5. The van der Waals surface area contributed by atoms with Crippen LogP contribution in [0.25, 0.3) is 0 Å². The molecule has 0 saturated carbocycles. The molecular weight excluding hydrogens is 258 g/mol. The molecule has 0 bridgehead atoms. The number of ether oxygens (including phenoxy) is 2. The van der Waals surface area contributed by atoms with Gasteiger partial charge in [-0.15, -0.1) is 0 Å². The van der Waals surface area contributed by atoms with Gasteiger partial charge in [0.1, 0.15) is 30.8 Å². The molecule has 2 rings (SSSR count). The maximum Gasteiger partial charge on any atom is 0.129 e. The largest absolute Gasteiger partial charge is 0.491 e. The molecule has 5 heteroatoms. The summed E-state index contributed by atoms with van der Waals surface area (Å²) in [5.74, 6) is 1.42. The van der Waals surface area contributed by atoms with Gasteiger partial charge >= 0.3 is 0 Å². The Morgan fingerprint density at radius 1 is 1.20 bits per heavy atom. The van der Waals surface area contributed by atoms with Crippen molar-refractivity contribution in [2.24, 2.45) is 5.73 Å². The van der Waals surface area contributed by atoms with Crippen molar-refractivity contribution in [1.29, 1.82) is 0 Å². The van der Waals surface area contributed by atoms with E-state index >= 15 is 0 Å². The van der Waals surface area contributed by atoms with Gasteiger partial charge in [-0.25, -0.2) is 0 Å². The number of nitrogens with two attached hydrogens (primary N) is 1. The van der Waals surface area contributed by atoms with Crippen LogP contribution in [0.15, 0.2) is 47.1 Å². The van der Waals surface area contributed by atoms with Crippen molar-refractivity contribution in [2.45, 2.75) is 19.3 Å². The lowest BCUT2D eigenvalue weighted by molar-refractivity contribution is 0.000868. The predicted octanol–water partition coefficient (Wildman–Crippen LogP) is 1.69. The van der Waals surface area contributed by atoms with Crippen LogP contribution in [0.4, 0.5) is 0 Å². The lowest BCUT2D eigenvalue weighted by atomic mass is 10.2. The summed E-state index contributed by atoms with van der Waals surface area (Å²) in [5, 5.41) is 9.76. The Balaban J connectivity index is 1.67. The highest BCUT2D eigenvalue weighted by Crippen LogP contribution is 2.13. The standard InChI is InChI=1S/C15H19NO4/c16-8-12-3-1-4-14(7-12)20-10-13(17)9-18-11-15-5-2-6-19-15/h1-7,13,17H,8-11,16H2. The quantitative estimate of drug-likeness (QED) is 0.768. The Morgan fingerprint density at radius 3 is 2.85 bits per heavy atom. The molecule has 0 fully saturated rings. The summed E-state index contributed by atoms with van der Waals surface area (Å²) in [4.78, 5) is 0. The van der Waals surface area contributed by atoms with Crippen LogP contribution < -0.4 is 10.5 Å². The second-order valence-corrected chi connectivity index (χ2v) is 4.41. The molecule has 2 aromatic rings. The second kappa shape index (κ2) is 7.69. The van der Waals surface area contributed by atoms with E-state index in [-0.39, 0.29) is 13.2 Å². The lowest BCUT2D eigenvalue weighted by Crippen LogP contribution is -2.23. The Bertz CT molecular complexity index is 498. The SMILES string of the molecule is NCc1cccc(OCC(O)COCc2ccco2)c1. The average molecular weight is 277 g/mol. The first-order valence-electron chi connectivity index (χ1n) is 6.48. The molecule has 5 nitrogen and oxygen atoms in total. The first kappa shape index (κ1) is 14.6. The van der Waals surface area contributed by atoms with Gasteiger partial charge in [-0.2, -0.15) is 0 Å². The van der Waals surface area contributed by atoms with Gasteiger partial charge < -0.3 is 24.7 Å². The van der Waals surface area contributed by atoms with Gasteiger partial charge in [0.25, 0.3) is 0 Å². The van der Waals surface area contributed by atoms with E-state index in [4.69, 9.17) is 19.6 Å². The van der Waals surface area contributed by atoms with Gasteiger partial charge in [0.15, 0.2) is 0 Å². The van der Waals surface area contributed by atoms with Crippen LogP contribution in [0.1, 0.15) is 11.3 Å². The number of furan rings is 1. The molecule has 0 radical (unpaired) electrons. The fourth-order valence-electron chi connectivity index (χ4n) is 1.69. The van der Waals surface area contributed by atoms with E-state index < -0.39 is 6.10 Å². The highest BCUT2D eigenvalue weighted by molar-refractivity contribution is 5.28. The van der Waals surface area contributed by atoms with Crippen LogP contribution in [0.5, 0.6) is 5.75 Å². The molecule has 0 saturated heterocycles. The Hall–Kier alpha value is -1.82. The van der Waals surface area contributed by atoms with E-state index in [0.717, 1.165) is 11.3 Å². The summed E-state index contributed by atoms with van der Waals surface area (Å²) >= 11 is 0. The second-order valence-electron chi connectivity index (χ2n) is 4.41. The summed E-state index contributed by atoms with van der Waals surface area (Å²) in [6, 6.07) is 11.1. The zero-order valence-electron chi connectivity index (χ0n) is 11.2. The van der Waals surface area contributed by atoms with Gasteiger partial charge in [-0.3, -0.25) is 0 Å². The van der Waals surface area contributed by atoms with Gasteiger partial charge in [-0.05, 0) is 29.8 Å². The molecule has 108 valence electrons. The molecule has 1 aromatic carbocycles. The fourth-order valence-corrected chi connectivity index (χ4v) is 1.69. The first-order chi connectivity index (χ1) is 9.78. The predicted molar refractivity (Wildman–Crippen MR) is 74.2 cm³/mol. The highest BCUT2D eigenvalue weighted by Gasteiger charge is 2.06. The maximum atomic E-state index is 9.76. The van der Waals surface area contributed by atoms with E-state index in [0.29, 0.717) is 18.9 Å². The number of benzene rings is 1. The molecule has 0 aliphatic rings. The maximum absolute atomic E-state index is 9.76. The van der Waals surface area contributed by atoms with E-state index in [9.17, 15) is 5.11 Å². The van der Waals surface area contributed by atoms with Crippen molar-refractivity contribution in [3.8, 4) is 5.75 Å². The third-order valence-corrected chi connectivity index (χ3v) is 2.71. The van der Waals surface area contributed by atoms with Crippen LogP contribution >= 0.6 is 0 Å². The molecule has 0 spiro atoms. The summed E-state index contributed by atoms with van der Waals surface area (Å²) in [6.45, 7) is 1.17. The molecule has 20 heavy (non-hydrogen) atoms. The van der Waals surface area contributed by atoms with Crippen LogP contribution in [0.3, 0.4) is 0 Å². The van der Waals surface area contributed by atoms with Crippen LogP contribution in [-0.2, 0) is 17.9 Å². The van der Waals surface area contributed by atoms with Crippen molar-refractivity contribution in [2.75, 3.05) is 13.2 Å². The third kappa shape index (κ3) is 4.70. The molecular formula is C15H19NO4. The Labute approximate surface area is 117 Å². The summed E-state index contributed by atoms with van der Waals surface area (Å²) < 4.78 is 15.9. The Kier molecular flexibility index (Phi) is 5.61. The molecule has 1 unspecified atom stereocenters. The topological polar surface area (TPSA) is 77.9 Å². The van der Waals surface area contributed by atoms with Crippen LogP contribution in [0, 0.1) is 0 Å². The van der Waals surface area contributed by atoms with Gasteiger partial charge in [0.2, 0.25) is 0 Å². The van der Waals surface area contributed by atoms with E-state index in [1.807, 2.05) is 30.3 Å². The minimum absolute atomic E-state index is 0.173. The normalized spacial score (nSPS) is 12.3. The minimum Gasteiger partial charge on any atom is -0.491 e. The zero-order chi connectivity index (χ0) is 14.2. The first-order valence-corrected chi connectivity index (χ1v) is 6.48.